The fourth-order valence-corrected chi connectivity index (χ4v) is 4.74. The predicted octanol–water partition coefficient (Wildman–Crippen LogP) is 5.30. The number of nitrogens with one attached hydrogen (secondary N) is 2. The van der Waals surface area contributed by atoms with Crippen molar-refractivity contribution < 1.29 is 12.8 Å². The molecule has 142 valence electrons. The highest BCUT2D eigenvalue weighted by Gasteiger charge is 2.23. The summed E-state index contributed by atoms with van der Waals surface area (Å²) in [5, 5.41) is 5.07. The van der Waals surface area contributed by atoms with Crippen LogP contribution in [0.4, 0.5) is 15.2 Å². The molecule has 1 heterocycles. The maximum Gasteiger partial charge on any atom is 0.266 e. The minimum atomic E-state index is -4.13. The standard InChI is InChI=1S/C18H17ClFN3O2S2/c1-2-15(12-6-4-3-5-7-12)22-16-11-14(20)17(10-13(16)19)27(24,25)23-18-21-8-9-26-18/h3-11,15,22H,2H2,1H3,(H,21,23)/t15-/m1/s1. The summed E-state index contributed by atoms with van der Waals surface area (Å²) < 4.78 is 41.7. The Morgan fingerprint density at radius 2 is 2.00 bits per heavy atom. The molecule has 3 aromatic rings. The second kappa shape index (κ2) is 8.24. The molecular formula is C18H17ClFN3O2S2. The van der Waals surface area contributed by atoms with Gasteiger partial charge in [-0.2, -0.15) is 0 Å². The number of thiazole rings is 1. The highest BCUT2D eigenvalue weighted by Crippen LogP contribution is 2.32. The molecule has 0 aliphatic rings. The molecule has 0 unspecified atom stereocenters. The van der Waals surface area contributed by atoms with Gasteiger partial charge in [-0.3, -0.25) is 4.72 Å². The third-order valence-electron chi connectivity index (χ3n) is 3.91. The van der Waals surface area contributed by atoms with Crippen LogP contribution in [0.25, 0.3) is 0 Å². The second-order valence-electron chi connectivity index (χ2n) is 5.72. The van der Waals surface area contributed by atoms with Crippen molar-refractivity contribution in [2.24, 2.45) is 0 Å². The first-order valence-corrected chi connectivity index (χ1v) is 10.9. The molecule has 1 atom stereocenters. The van der Waals surface area contributed by atoms with Crippen molar-refractivity contribution in [1.29, 1.82) is 0 Å². The highest BCUT2D eigenvalue weighted by atomic mass is 35.5. The van der Waals surface area contributed by atoms with Crippen molar-refractivity contribution >= 4 is 43.8 Å². The van der Waals surface area contributed by atoms with Gasteiger partial charge in [-0.1, -0.05) is 48.9 Å². The van der Waals surface area contributed by atoms with E-state index in [-0.39, 0.29) is 16.2 Å². The fourth-order valence-electron chi connectivity index (χ4n) is 2.58. The minimum Gasteiger partial charge on any atom is -0.377 e. The highest BCUT2D eigenvalue weighted by molar-refractivity contribution is 7.93. The Kier molecular flexibility index (Phi) is 5.98. The molecule has 5 nitrogen and oxygen atoms in total. The topological polar surface area (TPSA) is 71.1 Å². The smallest absolute Gasteiger partial charge is 0.266 e. The number of hydrogen-bond acceptors (Lipinski definition) is 5. The van der Waals surface area contributed by atoms with Crippen molar-refractivity contribution in [1.82, 2.24) is 4.98 Å². The van der Waals surface area contributed by atoms with Crippen LogP contribution in [0.1, 0.15) is 24.9 Å². The van der Waals surface area contributed by atoms with Crippen LogP contribution in [0, 0.1) is 5.82 Å². The van der Waals surface area contributed by atoms with Crippen LogP contribution < -0.4 is 10.0 Å². The third-order valence-corrected chi connectivity index (χ3v) is 6.39. The Morgan fingerprint density at radius 3 is 2.63 bits per heavy atom. The summed E-state index contributed by atoms with van der Waals surface area (Å²) in [7, 11) is -4.13. The van der Waals surface area contributed by atoms with Crippen LogP contribution in [0.3, 0.4) is 0 Å². The van der Waals surface area contributed by atoms with Gasteiger partial charge in [0, 0.05) is 11.6 Å². The molecule has 0 aliphatic heterocycles. The van der Waals surface area contributed by atoms with E-state index >= 15 is 0 Å². The Hall–Kier alpha value is -2.16. The van der Waals surface area contributed by atoms with Gasteiger partial charge >= 0.3 is 0 Å². The lowest BCUT2D eigenvalue weighted by atomic mass is 10.0. The van der Waals surface area contributed by atoms with Gasteiger partial charge in [0.2, 0.25) is 0 Å². The van der Waals surface area contributed by atoms with Gasteiger partial charge in [-0.25, -0.2) is 17.8 Å². The fraction of sp³-hybridized carbons (Fsp3) is 0.167. The lowest BCUT2D eigenvalue weighted by Gasteiger charge is -2.20. The van der Waals surface area contributed by atoms with Gasteiger partial charge in [0.25, 0.3) is 10.0 Å². The molecule has 0 amide bonds. The predicted molar refractivity (Wildman–Crippen MR) is 107 cm³/mol. The Bertz CT molecular complexity index is 1010. The molecule has 2 N–H and O–H groups in total. The van der Waals surface area contributed by atoms with E-state index in [1.807, 2.05) is 37.3 Å². The summed E-state index contributed by atoms with van der Waals surface area (Å²) in [5.74, 6) is -0.895. The van der Waals surface area contributed by atoms with Crippen LogP contribution in [-0.2, 0) is 10.0 Å². The normalized spacial score (nSPS) is 12.6. The molecule has 3 rings (SSSR count). The van der Waals surface area contributed by atoms with E-state index in [0.717, 1.165) is 35.5 Å². The number of rotatable bonds is 7. The summed E-state index contributed by atoms with van der Waals surface area (Å²) in [4.78, 5) is 3.31. The maximum absolute atomic E-state index is 14.6. The van der Waals surface area contributed by atoms with Crippen LogP contribution in [0.2, 0.25) is 5.02 Å². The van der Waals surface area contributed by atoms with Crippen molar-refractivity contribution in [2.45, 2.75) is 24.3 Å². The van der Waals surface area contributed by atoms with Crippen molar-refractivity contribution in [3.05, 3.63) is 70.4 Å². The van der Waals surface area contributed by atoms with E-state index in [1.54, 1.807) is 5.38 Å². The van der Waals surface area contributed by atoms with Gasteiger partial charge in [-0.05, 0) is 24.1 Å². The number of sulfonamides is 1. The van der Waals surface area contributed by atoms with E-state index in [1.165, 1.54) is 6.20 Å². The molecule has 0 spiro atoms. The first-order valence-electron chi connectivity index (χ1n) is 8.13. The number of halogens is 2. The van der Waals surface area contributed by atoms with Crippen molar-refractivity contribution in [2.75, 3.05) is 10.0 Å². The van der Waals surface area contributed by atoms with Crippen molar-refractivity contribution in [3.8, 4) is 0 Å². The molecule has 0 saturated heterocycles. The zero-order valence-electron chi connectivity index (χ0n) is 14.3. The summed E-state index contributed by atoms with van der Waals surface area (Å²) in [6.45, 7) is 1.99. The zero-order valence-corrected chi connectivity index (χ0v) is 16.7. The Balaban J connectivity index is 1.88. The van der Waals surface area contributed by atoms with E-state index in [9.17, 15) is 12.8 Å². The first-order chi connectivity index (χ1) is 12.9. The Morgan fingerprint density at radius 1 is 1.26 bits per heavy atom. The summed E-state index contributed by atoms with van der Waals surface area (Å²) in [5.41, 5.74) is 1.36. The average molecular weight is 426 g/mol. The average Bonchev–Trinajstić information content (AvgIpc) is 3.15. The van der Waals surface area contributed by atoms with Crippen LogP contribution in [-0.4, -0.2) is 13.4 Å². The molecule has 1 aromatic heterocycles. The Labute approximate surface area is 166 Å². The van der Waals surface area contributed by atoms with Crippen LogP contribution >= 0.6 is 22.9 Å². The van der Waals surface area contributed by atoms with E-state index in [2.05, 4.69) is 15.0 Å². The second-order valence-corrected chi connectivity index (χ2v) is 8.67. The minimum absolute atomic E-state index is 0.0843. The van der Waals surface area contributed by atoms with E-state index in [4.69, 9.17) is 11.6 Å². The van der Waals surface area contributed by atoms with E-state index < -0.39 is 20.7 Å². The summed E-state index contributed by atoms with van der Waals surface area (Å²) >= 11 is 7.34. The van der Waals surface area contributed by atoms with Gasteiger partial charge < -0.3 is 5.32 Å². The van der Waals surface area contributed by atoms with E-state index in [0.29, 0.717) is 5.69 Å². The maximum atomic E-state index is 14.6. The zero-order chi connectivity index (χ0) is 19.4. The van der Waals surface area contributed by atoms with Crippen molar-refractivity contribution in [3.63, 3.8) is 0 Å². The monoisotopic (exact) mass is 425 g/mol. The SMILES string of the molecule is CC[C@@H](Nc1cc(F)c(S(=O)(=O)Nc2nccs2)cc1Cl)c1ccccc1. The lowest BCUT2D eigenvalue weighted by molar-refractivity contribution is 0.570. The summed E-state index contributed by atoms with van der Waals surface area (Å²) in [6.07, 6.45) is 2.20. The van der Waals surface area contributed by atoms with Crippen LogP contribution in [0.15, 0.2) is 58.9 Å². The number of nitrogens with zero attached hydrogens (tertiary/aromatic N) is 1. The molecule has 0 saturated carbocycles. The number of anilines is 2. The number of aromatic nitrogens is 1. The molecule has 0 radical (unpaired) electrons. The van der Waals surface area contributed by atoms with Gasteiger partial charge in [0.05, 0.1) is 16.8 Å². The quantitative estimate of drug-likeness (QED) is 0.538. The summed E-state index contributed by atoms with van der Waals surface area (Å²) in [6, 6.07) is 11.8. The lowest BCUT2D eigenvalue weighted by Crippen LogP contribution is -2.15. The first kappa shape index (κ1) is 19.6. The van der Waals surface area contributed by atoms with Gasteiger partial charge in [0.1, 0.15) is 10.7 Å². The van der Waals surface area contributed by atoms with Gasteiger partial charge in [-0.15, -0.1) is 11.3 Å². The van der Waals surface area contributed by atoms with Crippen LogP contribution in [0.5, 0.6) is 0 Å². The molecule has 2 aromatic carbocycles. The molecule has 0 fully saturated rings. The molecule has 9 heteroatoms. The molecule has 0 aliphatic carbocycles. The molecular weight excluding hydrogens is 409 g/mol. The molecule has 0 bridgehead atoms. The number of hydrogen-bond donors (Lipinski definition) is 2. The molecule has 27 heavy (non-hydrogen) atoms. The third kappa shape index (κ3) is 4.58. The largest absolute Gasteiger partial charge is 0.377 e. The van der Waals surface area contributed by atoms with Gasteiger partial charge in [0.15, 0.2) is 5.13 Å². The number of benzene rings is 2.